The van der Waals surface area contributed by atoms with Crippen LogP contribution in [0.3, 0.4) is 0 Å². The highest BCUT2D eigenvalue weighted by molar-refractivity contribution is 7.91. The fraction of sp³-hybridized carbons (Fsp3) is 0.375. The van der Waals surface area contributed by atoms with Crippen LogP contribution in [0.25, 0.3) is 0 Å². The zero-order valence-electron chi connectivity index (χ0n) is 18.8. The van der Waals surface area contributed by atoms with Gasteiger partial charge in [-0.25, -0.2) is 13.2 Å². The third kappa shape index (κ3) is 4.13. The van der Waals surface area contributed by atoms with Crippen molar-refractivity contribution >= 4 is 27.7 Å². The zero-order valence-corrected chi connectivity index (χ0v) is 19.7. The number of imide groups is 1. The average molecular weight is 470 g/mol. The van der Waals surface area contributed by atoms with Crippen LogP contribution in [0.2, 0.25) is 0 Å². The monoisotopic (exact) mass is 469 g/mol. The molecule has 2 N–H and O–H groups in total. The standard InChI is InChI=1S/C24H27N3O5S/c1-16-9-10-19(13-17(16)2)24(18-7-5-4-6-8-18)21(29)27(22(30)26-24)14-20(28)25-23(3)11-12-33(31,32)15-23/h4-10,13H,11-12,14-15H2,1-3H3,(H,25,28)(H,26,30)/t23-,24-/m0/s1. The quantitative estimate of drug-likeness (QED) is 0.649. The van der Waals surface area contributed by atoms with Gasteiger partial charge in [0.1, 0.15) is 6.54 Å². The van der Waals surface area contributed by atoms with E-state index in [0.29, 0.717) is 11.1 Å². The molecule has 0 spiro atoms. The summed E-state index contributed by atoms with van der Waals surface area (Å²) in [5.41, 5.74) is 0.832. The zero-order chi connectivity index (χ0) is 24.0. The number of carbonyl (C=O) groups is 3. The third-order valence-corrected chi connectivity index (χ3v) is 8.40. The SMILES string of the molecule is Cc1ccc([C@]2(c3ccccc3)NC(=O)N(CC(=O)N[C@@]3(C)CCS(=O)(=O)C3)C2=O)cc1C. The van der Waals surface area contributed by atoms with Gasteiger partial charge >= 0.3 is 6.03 Å². The third-order valence-electron chi connectivity index (χ3n) is 6.50. The predicted octanol–water partition coefficient (Wildman–Crippen LogP) is 1.79. The lowest BCUT2D eigenvalue weighted by molar-refractivity contribution is -0.134. The van der Waals surface area contributed by atoms with Gasteiger partial charge in [0.05, 0.1) is 17.0 Å². The Bertz CT molecular complexity index is 1240. The number of hydrogen-bond acceptors (Lipinski definition) is 5. The number of nitrogens with one attached hydrogen (secondary N) is 2. The molecule has 2 fully saturated rings. The second kappa shape index (κ2) is 7.98. The van der Waals surface area contributed by atoms with Crippen molar-refractivity contribution in [1.29, 1.82) is 0 Å². The Morgan fingerprint density at radius 1 is 1.06 bits per heavy atom. The lowest BCUT2D eigenvalue weighted by Crippen LogP contribution is -2.51. The van der Waals surface area contributed by atoms with Crippen molar-refractivity contribution < 1.29 is 22.8 Å². The highest BCUT2D eigenvalue weighted by Gasteiger charge is 2.54. The summed E-state index contributed by atoms with van der Waals surface area (Å²) in [6, 6.07) is 13.8. The molecule has 8 nitrogen and oxygen atoms in total. The first-order chi connectivity index (χ1) is 15.5. The molecule has 33 heavy (non-hydrogen) atoms. The minimum Gasteiger partial charge on any atom is -0.348 e. The van der Waals surface area contributed by atoms with Gasteiger partial charge in [-0.2, -0.15) is 0 Å². The minimum absolute atomic E-state index is 0.00317. The van der Waals surface area contributed by atoms with E-state index in [1.807, 2.05) is 38.1 Å². The smallest absolute Gasteiger partial charge is 0.326 e. The van der Waals surface area contributed by atoms with Crippen molar-refractivity contribution in [2.45, 2.75) is 38.3 Å². The summed E-state index contributed by atoms with van der Waals surface area (Å²) in [7, 11) is -3.22. The van der Waals surface area contributed by atoms with E-state index in [0.717, 1.165) is 16.0 Å². The van der Waals surface area contributed by atoms with E-state index in [1.165, 1.54) is 0 Å². The molecule has 2 heterocycles. The summed E-state index contributed by atoms with van der Waals surface area (Å²) in [4.78, 5) is 40.4. The number of benzene rings is 2. The van der Waals surface area contributed by atoms with Crippen LogP contribution in [0.1, 0.15) is 35.6 Å². The average Bonchev–Trinajstić information content (AvgIpc) is 3.17. The Kier molecular flexibility index (Phi) is 5.56. The number of nitrogens with zero attached hydrogens (tertiary/aromatic N) is 1. The van der Waals surface area contributed by atoms with Crippen molar-refractivity contribution in [2.75, 3.05) is 18.1 Å². The van der Waals surface area contributed by atoms with Gasteiger partial charge in [0.25, 0.3) is 5.91 Å². The Morgan fingerprint density at radius 3 is 2.36 bits per heavy atom. The van der Waals surface area contributed by atoms with Crippen molar-refractivity contribution in [3.63, 3.8) is 0 Å². The maximum atomic E-state index is 13.8. The second-order valence-corrected chi connectivity index (χ2v) is 11.4. The minimum atomic E-state index is -3.22. The van der Waals surface area contributed by atoms with E-state index in [-0.39, 0.29) is 17.9 Å². The molecule has 0 aliphatic carbocycles. The van der Waals surface area contributed by atoms with Crippen LogP contribution in [0.5, 0.6) is 0 Å². The van der Waals surface area contributed by atoms with Gasteiger partial charge in [-0.3, -0.25) is 14.5 Å². The van der Waals surface area contributed by atoms with Crippen LogP contribution in [0.15, 0.2) is 48.5 Å². The molecule has 0 unspecified atom stereocenters. The molecule has 2 aromatic carbocycles. The van der Waals surface area contributed by atoms with Gasteiger partial charge in [-0.1, -0.05) is 48.5 Å². The molecule has 174 valence electrons. The fourth-order valence-corrected chi connectivity index (χ4v) is 6.66. The van der Waals surface area contributed by atoms with E-state index in [9.17, 15) is 22.8 Å². The van der Waals surface area contributed by atoms with Crippen LogP contribution in [0.4, 0.5) is 4.79 Å². The molecule has 2 aliphatic heterocycles. The van der Waals surface area contributed by atoms with E-state index < -0.39 is 45.3 Å². The van der Waals surface area contributed by atoms with Crippen molar-refractivity contribution in [2.24, 2.45) is 0 Å². The first-order valence-corrected chi connectivity index (χ1v) is 12.6. The first kappa shape index (κ1) is 23.0. The molecule has 0 saturated carbocycles. The summed E-state index contributed by atoms with van der Waals surface area (Å²) in [6.45, 7) is 5.05. The highest BCUT2D eigenvalue weighted by Crippen LogP contribution is 2.37. The molecule has 0 radical (unpaired) electrons. The molecule has 4 rings (SSSR count). The van der Waals surface area contributed by atoms with Crippen LogP contribution in [0, 0.1) is 13.8 Å². The molecule has 2 aliphatic rings. The molecule has 2 saturated heterocycles. The molecule has 4 amide bonds. The summed E-state index contributed by atoms with van der Waals surface area (Å²) in [5.74, 6) is -1.30. The van der Waals surface area contributed by atoms with Crippen LogP contribution in [-0.2, 0) is 25.0 Å². The highest BCUT2D eigenvalue weighted by atomic mass is 32.2. The van der Waals surface area contributed by atoms with Gasteiger partial charge in [0.15, 0.2) is 15.4 Å². The topological polar surface area (TPSA) is 113 Å². The van der Waals surface area contributed by atoms with Gasteiger partial charge in [-0.15, -0.1) is 0 Å². The van der Waals surface area contributed by atoms with Gasteiger partial charge in [0, 0.05) is 0 Å². The van der Waals surface area contributed by atoms with Crippen LogP contribution < -0.4 is 10.6 Å². The summed E-state index contributed by atoms with van der Waals surface area (Å²) in [6.07, 6.45) is 0.289. The molecule has 9 heteroatoms. The van der Waals surface area contributed by atoms with Crippen molar-refractivity contribution in [3.8, 4) is 0 Å². The lowest BCUT2D eigenvalue weighted by atomic mass is 9.81. The molecular formula is C24H27N3O5S. The van der Waals surface area contributed by atoms with Gasteiger partial charge in [0.2, 0.25) is 5.91 Å². The lowest BCUT2D eigenvalue weighted by Gasteiger charge is -2.29. The van der Waals surface area contributed by atoms with E-state index in [4.69, 9.17) is 0 Å². The molecule has 0 bridgehead atoms. The number of rotatable bonds is 5. The largest absolute Gasteiger partial charge is 0.348 e. The summed E-state index contributed by atoms with van der Waals surface area (Å²) < 4.78 is 23.7. The molecular weight excluding hydrogens is 442 g/mol. The molecule has 0 aromatic heterocycles. The van der Waals surface area contributed by atoms with Crippen LogP contribution in [-0.4, -0.2) is 54.8 Å². The summed E-state index contributed by atoms with van der Waals surface area (Å²) >= 11 is 0. The number of amides is 4. The second-order valence-electron chi connectivity index (χ2n) is 9.19. The Labute approximate surface area is 193 Å². The Hall–Kier alpha value is -3.20. The number of aryl methyl sites for hydroxylation is 2. The normalized spacial score (nSPS) is 26.3. The first-order valence-electron chi connectivity index (χ1n) is 10.7. The van der Waals surface area contributed by atoms with Crippen LogP contribution >= 0.6 is 0 Å². The molecule has 2 atom stereocenters. The van der Waals surface area contributed by atoms with E-state index in [1.54, 1.807) is 31.2 Å². The van der Waals surface area contributed by atoms with Crippen molar-refractivity contribution in [3.05, 3.63) is 70.8 Å². The summed E-state index contributed by atoms with van der Waals surface area (Å²) in [5, 5.41) is 5.54. The van der Waals surface area contributed by atoms with E-state index in [2.05, 4.69) is 10.6 Å². The fourth-order valence-electron chi connectivity index (χ4n) is 4.57. The Morgan fingerprint density at radius 2 is 1.76 bits per heavy atom. The number of urea groups is 1. The Balaban J connectivity index is 1.66. The number of hydrogen-bond donors (Lipinski definition) is 2. The predicted molar refractivity (Wildman–Crippen MR) is 123 cm³/mol. The maximum absolute atomic E-state index is 13.8. The maximum Gasteiger partial charge on any atom is 0.326 e. The van der Waals surface area contributed by atoms with Gasteiger partial charge in [-0.05, 0) is 49.4 Å². The van der Waals surface area contributed by atoms with E-state index >= 15 is 0 Å². The van der Waals surface area contributed by atoms with Gasteiger partial charge < -0.3 is 10.6 Å². The number of carbonyl (C=O) groups excluding carboxylic acids is 3. The number of sulfone groups is 1. The molecule has 2 aromatic rings. The van der Waals surface area contributed by atoms with Crippen molar-refractivity contribution in [1.82, 2.24) is 15.5 Å².